The monoisotopic (exact) mass is 400 g/mol. The topological polar surface area (TPSA) is 63.9 Å². The van der Waals surface area contributed by atoms with Crippen molar-refractivity contribution >= 4 is 5.91 Å². The Morgan fingerprint density at radius 2 is 2.10 bits per heavy atom. The predicted octanol–water partition coefficient (Wildman–Crippen LogP) is 3.74. The van der Waals surface area contributed by atoms with Gasteiger partial charge in [0.25, 0.3) is 0 Å². The Morgan fingerprint density at radius 1 is 1.24 bits per heavy atom. The fourth-order valence-electron chi connectivity index (χ4n) is 3.88. The van der Waals surface area contributed by atoms with E-state index in [1.165, 1.54) is 12.8 Å². The minimum absolute atomic E-state index is 0.111. The first-order valence-corrected chi connectivity index (χ1v) is 10.3. The van der Waals surface area contributed by atoms with Gasteiger partial charge in [0.15, 0.2) is 0 Å². The molecule has 1 aromatic heterocycles. The van der Waals surface area contributed by atoms with Crippen LogP contribution >= 0.6 is 0 Å². The molecule has 1 aliphatic rings. The highest BCUT2D eigenvalue weighted by molar-refractivity contribution is 5.75. The van der Waals surface area contributed by atoms with E-state index >= 15 is 0 Å². The largest absolute Gasteiger partial charge is 0.497 e. The van der Waals surface area contributed by atoms with Gasteiger partial charge in [-0.25, -0.2) is 0 Å². The molecular weight excluding hydrogens is 368 g/mol. The lowest BCUT2D eigenvalue weighted by molar-refractivity contribution is -0.121. The molecule has 0 spiro atoms. The van der Waals surface area contributed by atoms with Gasteiger partial charge in [-0.1, -0.05) is 12.1 Å². The van der Waals surface area contributed by atoms with Crippen molar-refractivity contribution in [1.29, 1.82) is 0 Å². The number of ether oxygens (including phenoxy) is 2. The molecule has 1 N–H and O–H groups in total. The van der Waals surface area contributed by atoms with Gasteiger partial charge >= 0.3 is 0 Å². The summed E-state index contributed by atoms with van der Waals surface area (Å²) in [5, 5.41) is 3.02. The summed E-state index contributed by atoms with van der Waals surface area (Å²) in [6.45, 7) is 3.97. The van der Waals surface area contributed by atoms with Gasteiger partial charge in [-0.2, -0.15) is 0 Å². The van der Waals surface area contributed by atoms with Gasteiger partial charge < -0.3 is 19.2 Å². The highest BCUT2D eigenvalue weighted by Crippen LogP contribution is 2.23. The summed E-state index contributed by atoms with van der Waals surface area (Å²) in [6, 6.07) is 11.8. The molecule has 1 aromatic carbocycles. The summed E-state index contributed by atoms with van der Waals surface area (Å²) in [5.74, 6) is 3.32. The number of rotatable bonds is 10. The predicted molar refractivity (Wildman–Crippen MR) is 111 cm³/mol. The van der Waals surface area contributed by atoms with Crippen LogP contribution in [-0.2, 0) is 29.2 Å². The van der Waals surface area contributed by atoms with E-state index in [-0.39, 0.29) is 5.91 Å². The minimum atomic E-state index is 0.111. The fourth-order valence-corrected chi connectivity index (χ4v) is 3.88. The van der Waals surface area contributed by atoms with Crippen molar-refractivity contribution in [2.75, 3.05) is 27.3 Å². The molecular formula is C23H32N2O4. The summed E-state index contributed by atoms with van der Waals surface area (Å²) < 4.78 is 16.1. The van der Waals surface area contributed by atoms with Gasteiger partial charge in [-0.3, -0.25) is 9.69 Å². The summed E-state index contributed by atoms with van der Waals surface area (Å²) in [6.07, 6.45) is 3.85. The average Bonchev–Trinajstić information content (AvgIpc) is 3.18. The zero-order valence-corrected chi connectivity index (χ0v) is 17.5. The van der Waals surface area contributed by atoms with Crippen LogP contribution in [-0.4, -0.2) is 38.1 Å². The number of piperidine rings is 1. The lowest BCUT2D eigenvalue weighted by atomic mass is 9.93. The Morgan fingerprint density at radius 3 is 2.93 bits per heavy atom. The normalized spacial score (nSPS) is 17.2. The van der Waals surface area contributed by atoms with Gasteiger partial charge in [-0.05, 0) is 61.6 Å². The van der Waals surface area contributed by atoms with E-state index in [4.69, 9.17) is 13.9 Å². The van der Waals surface area contributed by atoms with E-state index < -0.39 is 0 Å². The van der Waals surface area contributed by atoms with E-state index in [1.807, 2.05) is 36.4 Å². The molecule has 158 valence electrons. The van der Waals surface area contributed by atoms with Gasteiger partial charge in [0.05, 0.1) is 13.7 Å². The summed E-state index contributed by atoms with van der Waals surface area (Å²) >= 11 is 0. The molecule has 2 heterocycles. The number of nitrogens with one attached hydrogen (secondary N) is 1. The molecule has 1 fully saturated rings. The highest BCUT2D eigenvalue weighted by atomic mass is 16.5. The number of carbonyl (C=O) groups is 1. The van der Waals surface area contributed by atoms with Crippen LogP contribution in [0.3, 0.4) is 0 Å². The van der Waals surface area contributed by atoms with E-state index in [9.17, 15) is 4.79 Å². The summed E-state index contributed by atoms with van der Waals surface area (Å²) in [7, 11) is 3.32. The third-order valence-electron chi connectivity index (χ3n) is 5.39. The van der Waals surface area contributed by atoms with Crippen LogP contribution in [0.4, 0.5) is 0 Å². The first-order chi connectivity index (χ1) is 14.2. The summed E-state index contributed by atoms with van der Waals surface area (Å²) in [5.41, 5.74) is 1.05. The zero-order chi connectivity index (χ0) is 20.5. The number of carbonyl (C=O) groups excluding carboxylic acids is 1. The molecule has 1 saturated heterocycles. The molecule has 0 saturated carbocycles. The van der Waals surface area contributed by atoms with Gasteiger partial charge in [0, 0.05) is 26.6 Å². The Bertz CT molecular complexity index is 774. The van der Waals surface area contributed by atoms with Gasteiger partial charge in [0.1, 0.15) is 23.9 Å². The molecule has 0 aliphatic carbocycles. The van der Waals surface area contributed by atoms with Crippen LogP contribution in [0.15, 0.2) is 40.8 Å². The van der Waals surface area contributed by atoms with Crippen molar-refractivity contribution in [3.63, 3.8) is 0 Å². The Hall–Kier alpha value is -2.31. The third kappa shape index (κ3) is 6.91. The lowest BCUT2D eigenvalue weighted by Gasteiger charge is -2.32. The number of hydrogen-bond acceptors (Lipinski definition) is 5. The van der Waals surface area contributed by atoms with Crippen LogP contribution < -0.4 is 10.1 Å². The molecule has 2 aromatic rings. The fraction of sp³-hybridized carbons (Fsp3) is 0.522. The Kier molecular flexibility index (Phi) is 8.14. The molecule has 0 radical (unpaired) electrons. The van der Waals surface area contributed by atoms with Gasteiger partial charge in [-0.15, -0.1) is 0 Å². The van der Waals surface area contributed by atoms with Crippen molar-refractivity contribution in [2.45, 2.75) is 45.4 Å². The van der Waals surface area contributed by atoms with Crippen molar-refractivity contribution in [1.82, 2.24) is 10.2 Å². The second-order valence-corrected chi connectivity index (χ2v) is 7.71. The van der Waals surface area contributed by atoms with Gasteiger partial charge in [0.2, 0.25) is 5.91 Å². The molecule has 0 unspecified atom stereocenters. The van der Waals surface area contributed by atoms with Crippen LogP contribution in [0.1, 0.15) is 42.8 Å². The number of benzene rings is 1. The maximum absolute atomic E-state index is 12.3. The van der Waals surface area contributed by atoms with Crippen LogP contribution in [0, 0.1) is 5.92 Å². The number of likely N-dealkylation sites (tertiary alicyclic amines) is 1. The van der Waals surface area contributed by atoms with Crippen molar-refractivity contribution < 1.29 is 18.7 Å². The highest BCUT2D eigenvalue weighted by Gasteiger charge is 2.21. The minimum Gasteiger partial charge on any atom is -0.497 e. The number of amides is 1. The summed E-state index contributed by atoms with van der Waals surface area (Å²) in [4.78, 5) is 14.7. The molecule has 6 nitrogen and oxygen atoms in total. The van der Waals surface area contributed by atoms with Crippen molar-refractivity contribution in [3.05, 3.63) is 53.5 Å². The van der Waals surface area contributed by atoms with Crippen LogP contribution in [0.25, 0.3) is 0 Å². The van der Waals surface area contributed by atoms with E-state index in [0.717, 1.165) is 48.9 Å². The molecule has 1 amide bonds. The molecule has 3 rings (SSSR count). The lowest BCUT2D eigenvalue weighted by Crippen LogP contribution is -2.35. The first kappa shape index (κ1) is 21.4. The average molecular weight is 401 g/mol. The first-order valence-electron chi connectivity index (χ1n) is 10.3. The molecule has 1 atom stereocenters. The number of furan rings is 1. The molecule has 6 heteroatoms. The molecule has 29 heavy (non-hydrogen) atoms. The zero-order valence-electron chi connectivity index (χ0n) is 17.5. The Balaban J connectivity index is 1.38. The second kappa shape index (κ2) is 11.0. The van der Waals surface area contributed by atoms with Crippen molar-refractivity contribution in [2.24, 2.45) is 5.92 Å². The molecule has 0 bridgehead atoms. The third-order valence-corrected chi connectivity index (χ3v) is 5.39. The van der Waals surface area contributed by atoms with E-state index in [2.05, 4.69) is 10.2 Å². The maximum Gasteiger partial charge on any atom is 0.220 e. The number of methoxy groups -OCH3 is 2. The quantitative estimate of drug-likeness (QED) is 0.658. The SMILES string of the molecule is COCc1ccc(CN2CCC[C@H](CCC(=O)NCc3cccc(OC)c3)C2)o1. The maximum atomic E-state index is 12.3. The van der Waals surface area contributed by atoms with Crippen LogP contribution in [0.2, 0.25) is 0 Å². The van der Waals surface area contributed by atoms with Crippen molar-refractivity contribution in [3.8, 4) is 5.75 Å². The number of hydrogen-bond donors (Lipinski definition) is 1. The van der Waals surface area contributed by atoms with Crippen LogP contribution in [0.5, 0.6) is 5.75 Å². The van der Waals surface area contributed by atoms with E-state index in [0.29, 0.717) is 25.5 Å². The Labute approximate surface area is 173 Å². The standard InChI is InChI=1S/C23H32N2O4/c1-27-17-22-10-9-21(29-22)16-25-12-4-6-18(15-25)8-11-23(26)24-14-19-5-3-7-20(13-19)28-2/h3,5,7,9-10,13,18H,4,6,8,11-12,14-17H2,1-2H3,(H,24,26)/t18-/m1/s1. The number of nitrogens with zero attached hydrogens (tertiary/aromatic N) is 1. The molecule has 1 aliphatic heterocycles. The van der Waals surface area contributed by atoms with E-state index in [1.54, 1.807) is 14.2 Å². The second-order valence-electron chi connectivity index (χ2n) is 7.71. The smallest absolute Gasteiger partial charge is 0.220 e.